The standard InChI is InChI=1S/C55H34N2/c1-3-13-37(14-4-1)55-51-33-50-46-21-11-12-22-53(46)57(40-15-5-2-6-16-40)54(50)34-48(51)49-32-39(28-30-52(49)56-55)36-25-23-35(24-26-36)38-27-29-45-43-19-8-7-17-41(43)42-18-9-10-20-44(42)47(45)31-38/h1-34H. The minimum Gasteiger partial charge on any atom is -0.309 e. The molecule has 2 heterocycles. The molecule has 0 aliphatic heterocycles. The molecule has 0 aliphatic rings. The Labute approximate surface area is 329 Å². The summed E-state index contributed by atoms with van der Waals surface area (Å²) in [5, 5.41) is 13.7. The van der Waals surface area contributed by atoms with Crippen LogP contribution in [0.3, 0.4) is 0 Å². The molecule has 0 saturated carbocycles. The van der Waals surface area contributed by atoms with E-state index in [0.717, 1.165) is 33.2 Å². The van der Waals surface area contributed by atoms with E-state index in [1.807, 2.05) is 0 Å². The van der Waals surface area contributed by atoms with E-state index in [-0.39, 0.29) is 0 Å². The number of para-hydroxylation sites is 2. The molecular weight excluding hydrogens is 689 g/mol. The van der Waals surface area contributed by atoms with E-state index < -0.39 is 0 Å². The summed E-state index contributed by atoms with van der Waals surface area (Å²) in [4.78, 5) is 5.37. The molecular formula is C55H34N2. The number of nitrogens with zero attached hydrogens (tertiary/aromatic N) is 2. The maximum Gasteiger partial charge on any atom is 0.0788 e. The molecule has 10 aromatic carbocycles. The second kappa shape index (κ2) is 12.5. The van der Waals surface area contributed by atoms with Gasteiger partial charge >= 0.3 is 0 Å². The molecule has 0 saturated heterocycles. The van der Waals surface area contributed by atoms with Gasteiger partial charge in [0.15, 0.2) is 0 Å². The van der Waals surface area contributed by atoms with E-state index >= 15 is 0 Å². The summed E-state index contributed by atoms with van der Waals surface area (Å²) >= 11 is 0. The molecule has 0 atom stereocenters. The summed E-state index contributed by atoms with van der Waals surface area (Å²) in [5.74, 6) is 0. The van der Waals surface area contributed by atoms with Crippen molar-refractivity contribution in [3.63, 3.8) is 0 Å². The smallest absolute Gasteiger partial charge is 0.0788 e. The van der Waals surface area contributed by atoms with Gasteiger partial charge in [-0.2, -0.15) is 0 Å². The largest absolute Gasteiger partial charge is 0.309 e. The quantitative estimate of drug-likeness (QED) is 0.165. The van der Waals surface area contributed by atoms with Crippen molar-refractivity contribution in [3.05, 3.63) is 206 Å². The predicted molar refractivity (Wildman–Crippen MR) is 242 cm³/mol. The van der Waals surface area contributed by atoms with Gasteiger partial charge in [0, 0.05) is 32.8 Å². The van der Waals surface area contributed by atoms with Gasteiger partial charge in [-0.05, 0) is 108 Å². The molecule has 57 heavy (non-hydrogen) atoms. The summed E-state index contributed by atoms with van der Waals surface area (Å²) in [5.41, 5.74) is 11.4. The Kier molecular flexibility index (Phi) is 6.96. The van der Waals surface area contributed by atoms with E-state index in [4.69, 9.17) is 4.98 Å². The van der Waals surface area contributed by atoms with Crippen molar-refractivity contribution in [2.75, 3.05) is 0 Å². The van der Waals surface area contributed by atoms with Crippen LogP contribution in [-0.4, -0.2) is 9.55 Å². The molecule has 2 heteroatoms. The van der Waals surface area contributed by atoms with Crippen LogP contribution in [0.15, 0.2) is 206 Å². The Morgan fingerprint density at radius 3 is 1.42 bits per heavy atom. The lowest BCUT2D eigenvalue weighted by atomic mass is 9.91. The van der Waals surface area contributed by atoms with Crippen molar-refractivity contribution < 1.29 is 0 Å². The minimum atomic E-state index is 0.986. The highest BCUT2D eigenvalue weighted by atomic mass is 15.0. The average Bonchev–Trinajstić information content (AvgIpc) is 3.62. The zero-order valence-electron chi connectivity index (χ0n) is 31.0. The predicted octanol–water partition coefficient (Wildman–Crippen LogP) is 14.9. The molecule has 12 aromatic rings. The van der Waals surface area contributed by atoms with Crippen LogP contribution in [0.2, 0.25) is 0 Å². The average molecular weight is 723 g/mol. The number of fused-ring (bicyclic) bond motifs is 12. The van der Waals surface area contributed by atoms with Crippen molar-refractivity contribution in [1.29, 1.82) is 0 Å². The molecule has 2 aromatic heterocycles. The van der Waals surface area contributed by atoms with Crippen molar-refractivity contribution in [2.45, 2.75) is 0 Å². The molecule has 2 nitrogen and oxygen atoms in total. The highest BCUT2D eigenvalue weighted by Crippen LogP contribution is 2.42. The molecule has 0 radical (unpaired) electrons. The summed E-state index contributed by atoms with van der Waals surface area (Å²) in [7, 11) is 0. The van der Waals surface area contributed by atoms with Gasteiger partial charge < -0.3 is 4.57 Å². The first-order valence-electron chi connectivity index (χ1n) is 19.6. The Bertz CT molecular complexity index is 3510. The first-order valence-corrected chi connectivity index (χ1v) is 19.6. The summed E-state index contributed by atoms with van der Waals surface area (Å²) in [6, 6.07) is 75.1. The van der Waals surface area contributed by atoms with E-state index in [2.05, 4.69) is 211 Å². The zero-order chi connectivity index (χ0) is 37.5. The van der Waals surface area contributed by atoms with E-state index in [1.54, 1.807) is 0 Å². The second-order valence-corrected chi connectivity index (χ2v) is 15.1. The Balaban J connectivity index is 1.03. The molecule has 0 amide bonds. The van der Waals surface area contributed by atoms with Crippen LogP contribution < -0.4 is 0 Å². The van der Waals surface area contributed by atoms with Crippen LogP contribution >= 0.6 is 0 Å². The topological polar surface area (TPSA) is 17.8 Å². The summed E-state index contributed by atoms with van der Waals surface area (Å²) in [6.07, 6.45) is 0. The van der Waals surface area contributed by atoms with Gasteiger partial charge in [0.1, 0.15) is 0 Å². The highest BCUT2D eigenvalue weighted by Gasteiger charge is 2.18. The lowest BCUT2D eigenvalue weighted by molar-refractivity contribution is 1.18. The van der Waals surface area contributed by atoms with Crippen molar-refractivity contribution in [1.82, 2.24) is 9.55 Å². The fourth-order valence-corrected chi connectivity index (χ4v) is 9.26. The van der Waals surface area contributed by atoms with E-state index in [9.17, 15) is 0 Å². The second-order valence-electron chi connectivity index (χ2n) is 15.1. The van der Waals surface area contributed by atoms with E-state index in [1.165, 1.54) is 81.8 Å². The molecule has 0 spiro atoms. The monoisotopic (exact) mass is 722 g/mol. The fraction of sp³-hybridized carbons (Fsp3) is 0. The molecule has 0 N–H and O–H groups in total. The molecule has 0 fully saturated rings. The van der Waals surface area contributed by atoms with Gasteiger partial charge in [-0.1, -0.05) is 158 Å². The highest BCUT2D eigenvalue weighted by molar-refractivity contribution is 6.26. The van der Waals surface area contributed by atoms with Gasteiger partial charge in [-0.3, -0.25) is 0 Å². The van der Waals surface area contributed by atoms with E-state index in [0.29, 0.717) is 0 Å². The third-order valence-electron chi connectivity index (χ3n) is 11.9. The number of hydrogen-bond donors (Lipinski definition) is 0. The lowest BCUT2D eigenvalue weighted by Crippen LogP contribution is -1.94. The zero-order valence-corrected chi connectivity index (χ0v) is 31.0. The number of hydrogen-bond acceptors (Lipinski definition) is 1. The van der Waals surface area contributed by atoms with Crippen LogP contribution in [0.25, 0.3) is 115 Å². The molecule has 264 valence electrons. The minimum absolute atomic E-state index is 0.986. The number of benzene rings is 10. The third kappa shape index (κ3) is 4.94. The maximum absolute atomic E-state index is 5.37. The van der Waals surface area contributed by atoms with Crippen molar-refractivity contribution >= 4 is 75.8 Å². The first-order chi connectivity index (χ1) is 28.3. The van der Waals surface area contributed by atoms with Crippen LogP contribution in [-0.2, 0) is 0 Å². The Hall–Kier alpha value is -7.55. The number of rotatable bonds is 4. The van der Waals surface area contributed by atoms with Crippen LogP contribution in [0.4, 0.5) is 0 Å². The molecule has 0 bridgehead atoms. The third-order valence-corrected chi connectivity index (χ3v) is 11.9. The summed E-state index contributed by atoms with van der Waals surface area (Å²) in [6.45, 7) is 0. The normalized spacial score (nSPS) is 11.9. The lowest BCUT2D eigenvalue weighted by Gasteiger charge is -2.14. The van der Waals surface area contributed by atoms with Gasteiger partial charge in [-0.15, -0.1) is 0 Å². The Morgan fingerprint density at radius 1 is 0.263 bits per heavy atom. The van der Waals surface area contributed by atoms with Gasteiger partial charge in [-0.25, -0.2) is 4.98 Å². The molecule has 12 rings (SSSR count). The van der Waals surface area contributed by atoms with Crippen molar-refractivity contribution in [2.24, 2.45) is 0 Å². The number of pyridine rings is 1. The van der Waals surface area contributed by atoms with Gasteiger partial charge in [0.2, 0.25) is 0 Å². The first kappa shape index (κ1) is 31.8. The number of aromatic nitrogens is 2. The Morgan fingerprint density at radius 2 is 0.754 bits per heavy atom. The maximum atomic E-state index is 5.37. The van der Waals surface area contributed by atoms with Crippen LogP contribution in [0, 0.1) is 0 Å². The van der Waals surface area contributed by atoms with Crippen LogP contribution in [0.5, 0.6) is 0 Å². The SMILES string of the molecule is c1ccc(-c2nc3ccc(-c4ccc(-c5ccc6c7ccccc7c7ccccc7c6c5)cc4)cc3c3cc4c(cc23)c2ccccc2n4-c2ccccc2)cc1. The van der Waals surface area contributed by atoms with Crippen LogP contribution in [0.1, 0.15) is 0 Å². The summed E-state index contributed by atoms with van der Waals surface area (Å²) < 4.78 is 2.40. The molecule has 0 aliphatic carbocycles. The van der Waals surface area contributed by atoms with Gasteiger partial charge in [0.05, 0.1) is 22.2 Å². The molecule has 0 unspecified atom stereocenters. The van der Waals surface area contributed by atoms with Gasteiger partial charge in [0.25, 0.3) is 0 Å². The fourth-order valence-electron chi connectivity index (χ4n) is 9.26. The van der Waals surface area contributed by atoms with Crippen molar-refractivity contribution in [3.8, 4) is 39.2 Å².